The van der Waals surface area contributed by atoms with Gasteiger partial charge in [-0.15, -0.1) is 0 Å². The predicted octanol–water partition coefficient (Wildman–Crippen LogP) is 4.25. The molecular weight excluding hydrogens is 244 g/mol. The van der Waals surface area contributed by atoms with Crippen LogP contribution in [0.25, 0.3) is 0 Å². The number of rotatable bonds is 3. The summed E-state index contributed by atoms with van der Waals surface area (Å²) >= 11 is 0. The van der Waals surface area contributed by atoms with Gasteiger partial charge in [-0.25, -0.2) is 0 Å². The van der Waals surface area contributed by atoms with Crippen LogP contribution in [0, 0.1) is 11.8 Å². The second kappa shape index (κ2) is 9.04. The molecule has 20 heavy (non-hydrogen) atoms. The van der Waals surface area contributed by atoms with Crippen molar-refractivity contribution in [1.82, 2.24) is 9.80 Å². The van der Waals surface area contributed by atoms with Crippen molar-refractivity contribution in [1.29, 1.82) is 0 Å². The molecule has 2 aliphatic rings. The smallest absolute Gasteiger partial charge is 0.00961 e. The molecule has 1 unspecified atom stereocenters. The van der Waals surface area contributed by atoms with E-state index in [0.29, 0.717) is 0 Å². The van der Waals surface area contributed by atoms with Gasteiger partial charge in [0, 0.05) is 12.1 Å². The van der Waals surface area contributed by atoms with E-state index < -0.39 is 0 Å². The van der Waals surface area contributed by atoms with Crippen LogP contribution in [-0.4, -0.2) is 48.1 Å². The Morgan fingerprint density at radius 1 is 0.750 bits per heavy atom. The van der Waals surface area contributed by atoms with E-state index in [0.717, 1.165) is 23.9 Å². The Morgan fingerprint density at radius 3 is 1.65 bits per heavy atom. The van der Waals surface area contributed by atoms with E-state index in [9.17, 15) is 0 Å². The molecule has 2 heteroatoms. The van der Waals surface area contributed by atoms with Gasteiger partial charge < -0.3 is 9.80 Å². The van der Waals surface area contributed by atoms with Crippen molar-refractivity contribution < 1.29 is 0 Å². The van der Waals surface area contributed by atoms with Crippen molar-refractivity contribution in [3.63, 3.8) is 0 Å². The Bertz CT molecular complexity index is 236. The van der Waals surface area contributed by atoms with Crippen LogP contribution in [0.15, 0.2) is 0 Å². The van der Waals surface area contributed by atoms with Crippen LogP contribution in [0.2, 0.25) is 0 Å². The highest BCUT2D eigenvalue weighted by molar-refractivity contribution is 4.84. The number of hydrogen-bond acceptors (Lipinski definition) is 2. The van der Waals surface area contributed by atoms with Gasteiger partial charge in [0.05, 0.1) is 0 Å². The van der Waals surface area contributed by atoms with Gasteiger partial charge in [-0.2, -0.15) is 0 Å². The van der Waals surface area contributed by atoms with E-state index >= 15 is 0 Å². The van der Waals surface area contributed by atoms with Gasteiger partial charge in [-0.3, -0.25) is 0 Å². The number of nitrogens with zero attached hydrogens (tertiary/aromatic N) is 2. The van der Waals surface area contributed by atoms with Crippen LogP contribution in [0.5, 0.6) is 0 Å². The van der Waals surface area contributed by atoms with Crippen molar-refractivity contribution in [3.05, 3.63) is 0 Å². The lowest BCUT2D eigenvalue weighted by molar-refractivity contribution is 0.0640. The highest BCUT2D eigenvalue weighted by atomic mass is 15.2. The number of piperidine rings is 2. The molecule has 0 spiro atoms. The molecule has 2 aliphatic heterocycles. The van der Waals surface area contributed by atoms with E-state index in [1.54, 1.807) is 0 Å². The summed E-state index contributed by atoms with van der Waals surface area (Å²) in [6.45, 7) is 18.9. The monoisotopic (exact) mass is 282 g/mol. The Labute approximate surface area is 127 Å². The first kappa shape index (κ1) is 18.0. The average Bonchev–Trinajstić information content (AvgIpc) is 2.49. The molecule has 0 aromatic heterocycles. The predicted molar refractivity (Wildman–Crippen MR) is 90.2 cm³/mol. The Morgan fingerprint density at radius 2 is 1.20 bits per heavy atom. The topological polar surface area (TPSA) is 6.48 Å². The van der Waals surface area contributed by atoms with Crippen LogP contribution >= 0.6 is 0 Å². The van der Waals surface area contributed by atoms with Crippen molar-refractivity contribution in [2.24, 2.45) is 11.8 Å². The largest absolute Gasteiger partial charge is 0.301 e. The Kier molecular flexibility index (Phi) is 8.13. The second-order valence-electron chi connectivity index (χ2n) is 6.93. The van der Waals surface area contributed by atoms with Gasteiger partial charge in [0.2, 0.25) is 0 Å². The second-order valence-corrected chi connectivity index (χ2v) is 6.93. The number of likely N-dealkylation sites (tertiary alicyclic amines) is 2. The molecule has 1 atom stereocenters. The van der Waals surface area contributed by atoms with E-state index in [1.165, 1.54) is 51.9 Å². The molecule has 2 fully saturated rings. The van der Waals surface area contributed by atoms with Crippen LogP contribution in [0.3, 0.4) is 0 Å². The fourth-order valence-electron chi connectivity index (χ4n) is 3.65. The van der Waals surface area contributed by atoms with E-state index in [-0.39, 0.29) is 0 Å². The van der Waals surface area contributed by atoms with Gasteiger partial charge in [0.1, 0.15) is 0 Å². The van der Waals surface area contributed by atoms with Crippen molar-refractivity contribution >= 4 is 0 Å². The molecule has 0 aromatic carbocycles. The zero-order chi connectivity index (χ0) is 15.1. The van der Waals surface area contributed by atoms with Crippen LogP contribution in [0.4, 0.5) is 0 Å². The molecule has 0 aromatic rings. The first-order chi connectivity index (χ1) is 9.58. The lowest BCUT2D eigenvalue weighted by atomic mass is 9.87. The van der Waals surface area contributed by atoms with Gasteiger partial charge in [0.15, 0.2) is 0 Å². The number of hydrogen-bond donors (Lipinski definition) is 0. The molecule has 2 rings (SSSR count). The third-order valence-electron chi connectivity index (χ3n) is 5.38. The molecule has 2 heterocycles. The summed E-state index contributed by atoms with van der Waals surface area (Å²) in [4.78, 5) is 5.40. The first-order valence-corrected chi connectivity index (χ1v) is 9.06. The fourth-order valence-corrected chi connectivity index (χ4v) is 3.65. The highest BCUT2D eigenvalue weighted by Crippen LogP contribution is 2.27. The Hall–Kier alpha value is -0.0800. The van der Waals surface area contributed by atoms with Gasteiger partial charge >= 0.3 is 0 Å². The summed E-state index contributed by atoms with van der Waals surface area (Å²) in [7, 11) is 0. The molecular formula is C18H38N2. The molecule has 0 N–H and O–H groups in total. The van der Waals surface area contributed by atoms with Crippen molar-refractivity contribution in [3.8, 4) is 0 Å². The lowest BCUT2D eigenvalue weighted by Crippen LogP contribution is -2.47. The molecule has 0 aliphatic carbocycles. The first-order valence-electron chi connectivity index (χ1n) is 9.06. The minimum Gasteiger partial charge on any atom is -0.301 e. The molecule has 0 bridgehead atoms. The van der Waals surface area contributed by atoms with Crippen molar-refractivity contribution in [2.45, 2.75) is 79.3 Å². The Balaban J connectivity index is 0.000000956. The summed E-state index contributed by atoms with van der Waals surface area (Å²) in [6.07, 6.45) is 5.64. The van der Waals surface area contributed by atoms with Gasteiger partial charge in [-0.1, -0.05) is 20.8 Å². The van der Waals surface area contributed by atoms with E-state index in [1.807, 2.05) is 13.8 Å². The normalized spacial score (nSPS) is 25.4. The third-order valence-corrected chi connectivity index (χ3v) is 5.38. The minimum atomic E-state index is 0.733. The van der Waals surface area contributed by atoms with E-state index in [2.05, 4.69) is 37.5 Å². The van der Waals surface area contributed by atoms with E-state index in [4.69, 9.17) is 0 Å². The molecule has 0 radical (unpaired) electrons. The maximum atomic E-state index is 2.76. The zero-order valence-corrected chi connectivity index (χ0v) is 14.9. The average molecular weight is 283 g/mol. The van der Waals surface area contributed by atoms with Crippen molar-refractivity contribution in [2.75, 3.05) is 26.2 Å². The standard InChI is InChI=1S/C16H32N2.C2H6/c1-13(2)17-11-7-16(8-12-17)15(4)18-9-5-14(3)6-10-18;1-2/h13-16H,5-12H2,1-4H3;1-2H3. The maximum absolute atomic E-state index is 2.76. The third kappa shape index (κ3) is 5.04. The molecule has 2 saturated heterocycles. The molecule has 0 saturated carbocycles. The summed E-state index contributed by atoms with van der Waals surface area (Å²) in [5.74, 6) is 1.89. The minimum absolute atomic E-state index is 0.733. The molecule has 120 valence electrons. The molecule has 2 nitrogen and oxygen atoms in total. The fraction of sp³-hybridized carbons (Fsp3) is 1.00. The summed E-state index contributed by atoms with van der Waals surface area (Å²) in [6, 6.07) is 1.55. The van der Waals surface area contributed by atoms with Gasteiger partial charge in [-0.05, 0) is 84.5 Å². The van der Waals surface area contributed by atoms with Crippen LogP contribution in [0.1, 0.15) is 67.2 Å². The van der Waals surface area contributed by atoms with Gasteiger partial charge in [0.25, 0.3) is 0 Å². The SMILES string of the molecule is CC.CC1CCN(C(C)C2CCN(C(C)C)CC2)CC1. The maximum Gasteiger partial charge on any atom is 0.00961 e. The zero-order valence-electron chi connectivity index (χ0n) is 14.9. The molecule has 0 amide bonds. The van der Waals surface area contributed by atoms with Crippen LogP contribution < -0.4 is 0 Å². The quantitative estimate of drug-likeness (QED) is 0.763. The summed E-state index contributed by atoms with van der Waals surface area (Å²) in [5.41, 5.74) is 0. The summed E-state index contributed by atoms with van der Waals surface area (Å²) in [5, 5.41) is 0. The summed E-state index contributed by atoms with van der Waals surface area (Å²) < 4.78 is 0. The highest BCUT2D eigenvalue weighted by Gasteiger charge is 2.29. The lowest BCUT2D eigenvalue weighted by Gasteiger charge is -2.43. The van der Waals surface area contributed by atoms with Crippen LogP contribution in [-0.2, 0) is 0 Å².